The van der Waals surface area contributed by atoms with Crippen molar-refractivity contribution in [3.8, 4) is 0 Å². The Kier molecular flexibility index (Phi) is 4.61. The van der Waals surface area contributed by atoms with Crippen LogP contribution in [0.1, 0.15) is 18.4 Å². The van der Waals surface area contributed by atoms with Gasteiger partial charge in [-0.2, -0.15) is 5.10 Å². The fourth-order valence-corrected chi connectivity index (χ4v) is 4.12. The van der Waals surface area contributed by atoms with Crippen molar-refractivity contribution in [2.75, 3.05) is 11.3 Å². The Morgan fingerprint density at radius 1 is 1.48 bits per heavy atom. The van der Waals surface area contributed by atoms with Crippen molar-refractivity contribution in [1.82, 2.24) is 9.78 Å². The first-order valence-corrected chi connectivity index (χ1v) is 9.23. The van der Waals surface area contributed by atoms with Gasteiger partial charge in [0.1, 0.15) is 0 Å². The molecule has 0 amide bonds. The quantitative estimate of drug-likeness (QED) is 0.895. The van der Waals surface area contributed by atoms with Crippen LogP contribution >= 0.6 is 11.6 Å². The number of nitrogens with zero attached hydrogens (tertiary/aromatic N) is 2. The minimum absolute atomic E-state index is 0.148. The lowest BCUT2D eigenvalue weighted by atomic mass is 10.2. The molecular weight excluding hydrogens is 338 g/mol. The first-order valence-electron chi connectivity index (χ1n) is 7.37. The summed E-state index contributed by atoms with van der Waals surface area (Å²) in [6, 6.07) is 4.78. The predicted octanol–water partition coefficient (Wildman–Crippen LogP) is 2.82. The fourth-order valence-electron chi connectivity index (χ4n) is 2.59. The monoisotopic (exact) mass is 355 g/mol. The molecule has 0 aliphatic carbocycles. The number of anilines is 1. The van der Waals surface area contributed by atoms with Gasteiger partial charge in [0.2, 0.25) is 0 Å². The minimum Gasteiger partial charge on any atom is -0.376 e. The van der Waals surface area contributed by atoms with E-state index >= 15 is 0 Å². The molecule has 23 heavy (non-hydrogen) atoms. The third kappa shape index (κ3) is 3.85. The van der Waals surface area contributed by atoms with Gasteiger partial charge in [-0.3, -0.25) is 9.40 Å². The summed E-state index contributed by atoms with van der Waals surface area (Å²) in [7, 11) is -3.70. The van der Waals surface area contributed by atoms with Gasteiger partial charge in [0.15, 0.2) is 0 Å². The van der Waals surface area contributed by atoms with Crippen molar-refractivity contribution in [3.63, 3.8) is 0 Å². The molecule has 124 valence electrons. The number of aromatic nitrogens is 2. The summed E-state index contributed by atoms with van der Waals surface area (Å²) in [4.78, 5) is 0.164. The number of ether oxygens (including phenoxy) is 1. The van der Waals surface area contributed by atoms with Gasteiger partial charge in [-0.05, 0) is 37.5 Å². The van der Waals surface area contributed by atoms with Gasteiger partial charge >= 0.3 is 0 Å². The van der Waals surface area contributed by atoms with Crippen molar-refractivity contribution in [3.05, 3.63) is 41.2 Å². The van der Waals surface area contributed by atoms with Crippen LogP contribution in [0.2, 0.25) is 5.02 Å². The summed E-state index contributed by atoms with van der Waals surface area (Å²) >= 11 is 5.90. The number of benzene rings is 1. The summed E-state index contributed by atoms with van der Waals surface area (Å²) in [6.07, 6.45) is 5.36. The Morgan fingerprint density at radius 3 is 3.04 bits per heavy atom. The molecule has 0 bridgehead atoms. The van der Waals surface area contributed by atoms with E-state index in [4.69, 9.17) is 16.3 Å². The van der Waals surface area contributed by atoms with E-state index in [0.29, 0.717) is 22.8 Å². The number of hydrogen-bond acceptors (Lipinski definition) is 4. The molecule has 1 fully saturated rings. The van der Waals surface area contributed by atoms with E-state index in [1.54, 1.807) is 29.9 Å². The largest absolute Gasteiger partial charge is 0.376 e. The molecule has 0 spiro atoms. The smallest absolute Gasteiger partial charge is 0.262 e. The highest BCUT2D eigenvalue weighted by Gasteiger charge is 2.20. The minimum atomic E-state index is -3.70. The van der Waals surface area contributed by atoms with Gasteiger partial charge < -0.3 is 4.74 Å². The zero-order valence-electron chi connectivity index (χ0n) is 12.7. The molecular formula is C15H18ClN3O3S. The van der Waals surface area contributed by atoms with E-state index < -0.39 is 10.0 Å². The molecule has 0 saturated carbocycles. The molecule has 8 heteroatoms. The van der Waals surface area contributed by atoms with E-state index in [-0.39, 0.29) is 11.0 Å². The lowest BCUT2D eigenvalue weighted by Crippen LogP contribution is -2.15. The zero-order valence-corrected chi connectivity index (χ0v) is 14.3. The molecule has 1 aliphatic rings. The molecule has 3 rings (SSSR count). The zero-order chi connectivity index (χ0) is 16.4. The van der Waals surface area contributed by atoms with Crippen molar-refractivity contribution in [2.45, 2.75) is 37.3 Å². The molecule has 1 unspecified atom stereocenters. The summed E-state index contributed by atoms with van der Waals surface area (Å²) < 4.78 is 34.8. The molecule has 1 saturated heterocycles. The fraction of sp³-hybridized carbons (Fsp3) is 0.400. The average Bonchev–Trinajstić information content (AvgIpc) is 3.14. The van der Waals surface area contributed by atoms with Gasteiger partial charge in [-0.1, -0.05) is 17.7 Å². The van der Waals surface area contributed by atoms with Crippen molar-refractivity contribution >= 4 is 27.3 Å². The first kappa shape index (κ1) is 16.3. The molecule has 6 nitrogen and oxygen atoms in total. The normalized spacial score (nSPS) is 18.3. The van der Waals surface area contributed by atoms with E-state index in [9.17, 15) is 8.42 Å². The number of rotatable bonds is 5. The van der Waals surface area contributed by atoms with E-state index in [2.05, 4.69) is 9.82 Å². The van der Waals surface area contributed by atoms with Crippen LogP contribution in [0.3, 0.4) is 0 Å². The van der Waals surface area contributed by atoms with Crippen molar-refractivity contribution < 1.29 is 13.2 Å². The van der Waals surface area contributed by atoms with Crippen LogP contribution in [-0.2, 0) is 21.3 Å². The van der Waals surface area contributed by atoms with Gasteiger partial charge in [0.25, 0.3) is 10.0 Å². The maximum absolute atomic E-state index is 12.5. The van der Waals surface area contributed by atoms with Crippen LogP contribution in [0.25, 0.3) is 0 Å². The lowest BCUT2D eigenvalue weighted by molar-refractivity contribution is 0.0940. The van der Waals surface area contributed by atoms with Gasteiger partial charge in [-0.25, -0.2) is 8.42 Å². The second-order valence-electron chi connectivity index (χ2n) is 5.60. The van der Waals surface area contributed by atoms with Crippen molar-refractivity contribution in [1.29, 1.82) is 0 Å². The van der Waals surface area contributed by atoms with E-state index in [1.165, 1.54) is 12.3 Å². The van der Waals surface area contributed by atoms with Crippen molar-refractivity contribution in [2.24, 2.45) is 0 Å². The maximum Gasteiger partial charge on any atom is 0.262 e. The third-order valence-corrected chi connectivity index (χ3v) is 5.50. The number of sulfonamides is 1. The number of nitrogens with one attached hydrogen (secondary N) is 1. The van der Waals surface area contributed by atoms with Crippen LogP contribution in [0.15, 0.2) is 35.5 Å². The second-order valence-corrected chi connectivity index (χ2v) is 7.69. The van der Waals surface area contributed by atoms with Crippen LogP contribution in [0.5, 0.6) is 0 Å². The predicted molar refractivity (Wildman–Crippen MR) is 88.2 cm³/mol. The number of aryl methyl sites for hydroxylation is 1. The molecule has 0 radical (unpaired) electrons. The van der Waals surface area contributed by atoms with Gasteiger partial charge in [-0.15, -0.1) is 0 Å². The Morgan fingerprint density at radius 2 is 2.30 bits per heavy atom. The summed E-state index contributed by atoms with van der Waals surface area (Å²) in [5, 5.41) is 4.56. The number of hydrogen-bond donors (Lipinski definition) is 1. The summed E-state index contributed by atoms with van der Waals surface area (Å²) in [5.74, 6) is 0. The molecule has 2 aromatic rings. The summed E-state index contributed by atoms with van der Waals surface area (Å²) in [6.45, 7) is 3.13. The highest BCUT2D eigenvalue weighted by molar-refractivity contribution is 7.92. The second kappa shape index (κ2) is 6.51. The van der Waals surface area contributed by atoms with E-state index in [0.717, 1.165) is 19.4 Å². The molecule has 2 heterocycles. The molecule has 1 aromatic carbocycles. The maximum atomic E-state index is 12.5. The van der Waals surface area contributed by atoms with Crippen LogP contribution in [0, 0.1) is 6.92 Å². The van der Waals surface area contributed by atoms with Gasteiger partial charge in [0.05, 0.1) is 29.4 Å². The van der Waals surface area contributed by atoms with Crippen LogP contribution in [-0.4, -0.2) is 30.9 Å². The Hall–Kier alpha value is -1.57. The average molecular weight is 356 g/mol. The SMILES string of the molecule is Cc1ccc(Cl)cc1S(=O)(=O)Nc1cnn(CC2CCCO2)c1. The topological polar surface area (TPSA) is 73.2 Å². The Balaban J connectivity index is 1.75. The highest BCUT2D eigenvalue weighted by atomic mass is 35.5. The molecule has 1 aromatic heterocycles. The van der Waals surface area contributed by atoms with Gasteiger partial charge in [0, 0.05) is 17.8 Å². The molecule has 1 N–H and O–H groups in total. The lowest BCUT2D eigenvalue weighted by Gasteiger charge is -2.10. The third-order valence-electron chi connectivity index (χ3n) is 3.74. The Bertz CT molecular complexity index is 798. The van der Waals surface area contributed by atoms with E-state index in [1.807, 2.05) is 0 Å². The highest BCUT2D eigenvalue weighted by Crippen LogP contribution is 2.23. The van der Waals surface area contributed by atoms with Crippen LogP contribution in [0.4, 0.5) is 5.69 Å². The molecule has 1 atom stereocenters. The first-order chi connectivity index (χ1) is 10.9. The number of halogens is 1. The summed E-state index contributed by atoms with van der Waals surface area (Å²) in [5.41, 5.74) is 1.05. The molecule has 1 aliphatic heterocycles. The standard InChI is InChI=1S/C15H18ClN3O3S/c1-11-4-5-12(16)7-15(11)23(20,21)18-13-8-17-19(9-13)10-14-3-2-6-22-14/h4-5,7-9,14,18H,2-3,6,10H2,1H3. The Labute approximate surface area is 140 Å². The van der Waals surface area contributed by atoms with Crippen LogP contribution < -0.4 is 4.72 Å².